The number of halogens is 1. The van der Waals surface area contributed by atoms with E-state index >= 15 is 0 Å². The number of amides is 1. The van der Waals surface area contributed by atoms with Gasteiger partial charge in [0.1, 0.15) is 18.5 Å². The van der Waals surface area contributed by atoms with Gasteiger partial charge in [-0.1, -0.05) is 18.2 Å². The molecule has 0 aromatic heterocycles. The minimum Gasteiger partial charge on any atom is -0.480 e. The van der Waals surface area contributed by atoms with E-state index in [1.165, 1.54) is 18.2 Å². The largest absolute Gasteiger partial charge is 0.480 e. The van der Waals surface area contributed by atoms with Gasteiger partial charge < -0.3 is 15.2 Å². The number of carbonyl (C=O) groups is 2. The summed E-state index contributed by atoms with van der Waals surface area (Å²) in [6.45, 7) is 1.87. The first-order valence-corrected chi connectivity index (χ1v) is 5.88. The van der Waals surface area contributed by atoms with E-state index in [1.54, 1.807) is 13.0 Å². The summed E-state index contributed by atoms with van der Waals surface area (Å²) in [6.07, 6.45) is -0.111. The average molecular weight is 269 g/mol. The summed E-state index contributed by atoms with van der Waals surface area (Å²) in [7, 11) is 0. The molecule has 0 unspecified atom stereocenters. The number of benzene rings is 1. The first kappa shape index (κ1) is 15.1. The fourth-order valence-electron chi connectivity index (χ4n) is 1.51. The third-order valence-corrected chi connectivity index (χ3v) is 2.45. The highest BCUT2D eigenvalue weighted by Crippen LogP contribution is 2.09. The second-order valence-corrected chi connectivity index (χ2v) is 3.89. The molecule has 1 aromatic carbocycles. The zero-order valence-corrected chi connectivity index (χ0v) is 10.6. The van der Waals surface area contributed by atoms with E-state index in [0.29, 0.717) is 6.61 Å². The molecule has 0 bridgehead atoms. The maximum atomic E-state index is 13.4. The van der Waals surface area contributed by atoms with Crippen molar-refractivity contribution in [2.75, 3.05) is 13.2 Å². The molecule has 6 heteroatoms. The van der Waals surface area contributed by atoms with E-state index in [1.807, 2.05) is 0 Å². The van der Waals surface area contributed by atoms with Crippen molar-refractivity contribution in [2.24, 2.45) is 0 Å². The highest BCUT2D eigenvalue weighted by molar-refractivity contribution is 5.84. The smallest absolute Gasteiger partial charge is 0.326 e. The zero-order valence-electron chi connectivity index (χ0n) is 10.6. The second-order valence-electron chi connectivity index (χ2n) is 3.89. The van der Waals surface area contributed by atoms with Crippen LogP contribution in [0.4, 0.5) is 4.39 Å². The number of aliphatic carboxylic acids is 1. The number of ether oxygens (including phenoxy) is 1. The molecule has 0 aliphatic heterocycles. The SMILES string of the molecule is CCOCC(=O)N[C@@H](Cc1ccccc1F)C(=O)O. The quantitative estimate of drug-likeness (QED) is 0.773. The van der Waals surface area contributed by atoms with Crippen LogP contribution in [-0.4, -0.2) is 36.2 Å². The van der Waals surface area contributed by atoms with Gasteiger partial charge in [0.25, 0.3) is 0 Å². The zero-order chi connectivity index (χ0) is 14.3. The molecule has 0 saturated heterocycles. The van der Waals surface area contributed by atoms with E-state index in [9.17, 15) is 14.0 Å². The molecule has 5 nitrogen and oxygen atoms in total. The molecule has 0 aliphatic rings. The maximum absolute atomic E-state index is 13.4. The van der Waals surface area contributed by atoms with Crippen LogP contribution in [0.2, 0.25) is 0 Å². The molecule has 0 radical (unpaired) electrons. The summed E-state index contributed by atoms with van der Waals surface area (Å²) in [6, 6.07) is 4.68. The molecule has 19 heavy (non-hydrogen) atoms. The number of carboxylic acid groups (broad SMARTS) is 1. The molecule has 1 aromatic rings. The third kappa shape index (κ3) is 5.05. The first-order chi connectivity index (χ1) is 9.04. The lowest BCUT2D eigenvalue weighted by atomic mass is 10.1. The van der Waals surface area contributed by atoms with Gasteiger partial charge in [-0.3, -0.25) is 4.79 Å². The third-order valence-electron chi connectivity index (χ3n) is 2.45. The van der Waals surface area contributed by atoms with Crippen LogP contribution in [0.15, 0.2) is 24.3 Å². The van der Waals surface area contributed by atoms with E-state index in [0.717, 1.165) is 0 Å². The van der Waals surface area contributed by atoms with Crippen molar-refractivity contribution < 1.29 is 23.8 Å². The van der Waals surface area contributed by atoms with Crippen molar-refractivity contribution in [3.63, 3.8) is 0 Å². The molecule has 0 heterocycles. The molecule has 1 atom stereocenters. The van der Waals surface area contributed by atoms with Crippen LogP contribution < -0.4 is 5.32 Å². The minimum absolute atomic E-state index is 0.111. The topological polar surface area (TPSA) is 75.6 Å². The fourth-order valence-corrected chi connectivity index (χ4v) is 1.51. The molecule has 1 rings (SSSR count). The molecular weight excluding hydrogens is 253 g/mol. The van der Waals surface area contributed by atoms with Gasteiger partial charge in [0.15, 0.2) is 0 Å². The monoisotopic (exact) mass is 269 g/mol. The lowest BCUT2D eigenvalue weighted by molar-refractivity contribution is -0.142. The average Bonchev–Trinajstić information content (AvgIpc) is 2.38. The van der Waals surface area contributed by atoms with Gasteiger partial charge in [-0.15, -0.1) is 0 Å². The molecule has 2 N–H and O–H groups in total. The maximum Gasteiger partial charge on any atom is 0.326 e. The van der Waals surface area contributed by atoms with Crippen LogP contribution >= 0.6 is 0 Å². The molecule has 0 saturated carbocycles. The summed E-state index contributed by atoms with van der Waals surface area (Å²) in [5.74, 6) is -2.24. The van der Waals surface area contributed by atoms with Gasteiger partial charge in [-0.05, 0) is 18.6 Å². The molecule has 0 spiro atoms. The summed E-state index contributed by atoms with van der Waals surface area (Å²) in [5, 5.41) is 11.3. The molecule has 0 aliphatic carbocycles. The number of carboxylic acids is 1. The molecule has 1 amide bonds. The lowest BCUT2D eigenvalue weighted by Gasteiger charge is -2.15. The van der Waals surface area contributed by atoms with E-state index in [-0.39, 0.29) is 18.6 Å². The van der Waals surface area contributed by atoms with Crippen LogP contribution in [-0.2, 0) is 20.7 Å². The predicted octanol–water partition coefficient (Wildman–Crippen LogP) is 0.974. The Labute approximate surface area is 110 Å². The van der Waals surface area contributed by atoms with Crippen LogP contribution in [0, 0.1) is 5.82 Å². The van der Waals surface area contributed by atoms with Crippen molar-refractivity contribution in [3.8, 4) is 0 Å². The minimum atomic E-state index is -1.21. The van der Waals surface area contributed by atoms with Gasteiger partial charge in [-0.2, -0.15) is 0 Å². The number of hydrogen-bond acceptors (Lipinski definition) is 3. The Morgan fingerprint density at radius 3 is 2.68 bits per heavy atom. The number of rotatable bonds is 7. The Kier molecular flexibility index (Phi) is 5.95. The Morgan fingerprint density at radius 2 is 2.11 bits per heavy atom. The first-order valence-electron chi connectivity index (χ1n) is 5.88. The van der Waals surface area contributed by atoms with Crippen molar-refractivity contribution in [1.82, 2.24) is 5.32 Å². The Balaban J connectivity index is 2.66. The van der Waals surface area contributed by atoms with Crippen LogP contribution in [0.3, 0.4) is 0 Å². The van der Waals surface area contributed by atoms with Gasteiger partial charge >= 0.3 is 5.97 Å². The van der Waals surface area contributed by atoms with Gasteiger partial charge in [-0.25, -0.2) is 9.18 Å². The summed E-state index contributed by atoms with van der Waals surface area (Å²) in [5.41, 5.74) is 0.242. The molecule has 0 fully saturated rings. The van der Waals surface area contributed by atoms with Crippen molar-refractivity contribution in [2.45, 2.75) is 19.4 Å². The summed E-state index contributed by atoms with van der Waals surface area (Å²) in [4.78, 5) is 22.4. The normalized spacial score (nSPS) is 11.9. The number of carbonyl (C=O) groups excluding carboxylic acids is 1. The van der Waals surface area contributed by atoms with Crippen LogP contribution in [0.25, 0.3) is 0 Å². The predicted molar refractivity (Wildman–Crippen MR) is 66.2 cm³/mol. The van der Waals surface area contributed by atoms with E-state index < -0.39 is 23.7 Å². The number of nitrogens with one attached hydrogen (secondary N) is 1. The van der Waals surface area contributed by atoms with Crippen LogP contribution in [0.5, 0.6) is 0 Å². The summed E-state index contributed by atoms with van der Waals surface area (Å²) < 4.78 is 18.3. The fraction of sp³-hybridized carbons (Fsp3) is 0.385. The second kappa shape index (κ2) is 7.48. The Bertz CT molecular complexity index is 450. The number of hydrogen-bond donors (Lipinski definition) is 2. The van der Waals surface area contributed by atoms with Crippen molar-refractivity contribution >= 4 is 11.9 Å². The summed E-state index contributed by atoms with van der Waals surface area (Å²) >= 11 is 0. The standard InChI is InChI=1S/C13H16FNO4/c1-2-19-8-12(16)15-11(13(17)18)7-9-5-3-4-6-10(9)14/h3-6,11H,2,7-8H2,1H3,(H,15,16)(H,17,18)/t11-/m0/s1. The van der Waals surface area contributed by atoms with Gasteiger partial charge in [0.2, 0.25) is 5.91 Å². The van der Waals surface area contributed by atoms with Gasteiger partial charge in [0.05, 0.1) is 0 Å². The Morgan fingerprint density at radius 1 is 1.42 bits per heavy atom. The van der Waals surface area contributed by atoms with Crippen LogP contribution in [0.1, 0.15) is 12.5 Å². The highest BCUT2D eigenvalue weighted by Gasteiger charge is 2.21. The van der Waals surface area contributed by atoms with E-state index in [2.05, 4.69) is 5.32 Å². The van der Waals surface area contributed by atoms with Crippen molar-refractivity contribution in [3.05, 3.63) is 35.6 Å². The highest BCUT2D eigenvalue weighted by atomic mass is 19.1. The van der Waals surface area contributed by atoms with Gasteiger partial charge in [0, 0.05) is 13.0 Å². The van der Waals surface area contributed by atoms with E-state index in [4.69, 9.17) is 9.84 Å². The molecule has 104 valence electrons. The van der Waals surface area contributed by atoms with Crippen molar-refractivity contribution in [1.29, 1.82) is 0 Å². The Hall–Kier alpha value is -1.95. The lowest BCUT2D eigenvalue weighted by Crippen LogP contribution is -2.44. The molecular formula is C13H16FNO4.